The summed E-state index contributed by atoms with van der Waals surface area (Å²) >= 11 is 0. The number of hydrogen-bond donors (Lipinski definition) is 2. The number of benzene rings is 1. The molecule has 3 nitrogen and oxygen atoms in total. The highest BCUT2D eigenvalue weighted by atomic mass is 19.3. The first-order valence-corrected chi connectivity index (χ1v) is 5.46. The summed E-state index contributed by atoms with van der Waals surface area (Å²) in [6.07, 6.45) is -2.34. The number of aliphatic carboxylic acids is 1. The van der Waals surface area contributed by atoms with Crippen molar-refractivity contribution in [3.8, 4) is 0 Å². The van der Waals surface area contributed by atoms with E-state index in [2.05, 4.69) is 0 Å². The first-order chi connectivity index (χ1) is 8.06. The molecule has 0 bridgehead atoms. The summed E-state index contributed by atoms with van der Waals surface area (Å²) < 4.78 is 26.2. The Labute approximate surface area is 104 Å². The highest BCUT2D eigenvalue weighted by Gasteiger charge is 2.47. The van der Waals surface area contributed by atoms with Crippen molar-refractivity contribution in [2.45, 2.75) is 38.2 Å². The molecule has 100 valence electrons. The van der Waals surface area contributed by atoms with E-state index in [1.54, 1.807) is 12.1 Å². The lowest BCUT2D eigenvalue weighted by Crippen LogP contribution is -2.35. The molecule has 1 aromatic carbocycles. The van der Waals surface area contributed by atoms with Crippen LogP contribution >= 0.6 is 0 Å². The fourth-order valence-corrected chi connectivity index (χ4v) is 1.49. The third-order valence-electron chi connectivity index (χ3n) is 2.72. The molecule has 0 aliphatic heterocycles. The molecule has 1 atom stereocenters. The Bertz CT molecular complexity index is 433. The van der Waals surface area contributed by atoms with E-state index in [4.69, 9.17) is 5.11 Å². The van der Waals surface area contributed by atoms with Crippen LogP contribution in [0.4, 0.5) is 8.78 Å². The summed E-state index contributed by atoms with van der Waals surface area (Å²) in [6.45, 7) is 5.89. The van der Waals surface area contributed by atoms with Crippen molar-refractivity contribution in [3.63, 3.8) is 0 Å². The van der Waals surface area contributed by atoms with Gasteiger partial charge < -0.3 is 10.2 Å². The second kappa shape index (κ2) is 4.65. The quantitative estimate of drug-likeness (QED) is 0.876. The van der Waals surface area contributed by atoms with E-state index in [0.717, 1.165) is 5.56 Å². The molecule has 18 heavy (non-hydrogen) atoms. The van der Waals surface area contributed by atoms with Gasteiger partial charge in [0, 0.05) is 0 Å². The Kier molecular flexibility index (Phi) is 3.76. The van der Waals surface area contributed by atoms with Gasteiger partial charge in [-0.15, -0.1) is 0 Å². The third kappa shape index (κ3) is 2.85. The molecule has 0 fully saturated rings. The normalized spacial score (nSPS) is 14.3. The van der Waals surface area contributed by atoms with Crippen LogP contribution in [-0.2, 0) is 10.2 Å². The lowest BCUT2D eigenvalue weighted by atomic mass is 9.86. The number of carboxylic acids is 1. The Hall–Kier alpha value is -1.49. The van der Waals surface area contributed by atoms with Crippen molar-refractivity contribution < 1.29 is 23.8 Å². The monoisotopic (exact) mass is 258 g/mol. The van der Waals surface area contributed by atoms with Crippen molar-refractivity contribution in [2.24, 2.45) is 0 Å². The van der Waals surface area contributed by atoms with E-state index in [9.17, 15) is 18.7 Å². The van der Waals surface area contributed by atoms with Gasteiger partial charge in [0.15, 0.2) is 6.10 Å². The Balaban J connectivity index is 3.03. The molecular weight excluding hydrogens is 242 g/mol. The van der Waals surface area contributed by atoms with Crippen LogP contribution < -0.4 is 0 Å². The van der Waals surface area contributed by atoms with Gasteiger partial charge in [-0.1, -0.05) is 45.0 Å². The first kappa shape index (κ1) is 14.6. The van der Waals surface area contributed by atoms with Gasteiger partial charge in [-0.3, -0.25) is 0 Å². The van der Waals surface area contributed by atoms with E-state index in [1.807, 2.05) is 20.8 Å². The molecule has 0 amide bonds. The fourth-order valence-electron chi connectivity index (χ4n) is 1.49. The molecule has 1 unspecified atom stereocenters. The van der Waals surface area contributed by atoms with Crippen LogP contribution in [0.15, 0.2) is 24.3 Å². The average Bonchev–Trinajstić information content (AvgIpc) is 2.26. The standard InChI is InChI=1S/C13H16F2O3/c1-12(2,3)9-6-4-8(5-7-9)10(16)13(14,15)11(17)18/h4-7,10,16H,1-3H3,(H,17,18). The number of rotatable bonds is 3. The van der Waals surface area contributed by atoms with Crippen molar-refractivity contribution in [2.75, 3.05) is 0 Å². The molecule has 0 radical (unpaired) electrons. The van der Waals surface area contributed by atoms with E-state index < -0.39 is 18.0 Å². The van der Waals surface area contributed by atoms with Gasteiger partial charge in [0.25, 0.3) is 0 Å². The van der Waals surface area contributed by atoms with Crippen LogP contribution in [0.2, 0.25) is 0 Å². The summed E-state index contributed by atoms with van der Waals surface area (Å²) in [6, 6.07) is 5.86. The SMILES string of the molecule is CC(C)(C)c1ccc(C(O)C(F)(F)C(=O)O)cc1. The molecule has 0 saturated heterocycles. The van der Waals surface area contributed by atoms with E-state index in [-0.39, 0.29) is 11.0 Å². The minimum atomic E-state index is -4.19. The van der Waals surface area contributed by atoms with Crippen molar-refractivity contribution in [1.29, 1.82) is 0 Å². The van der Waals surface area contributed by atoms with Crippen LogP contribution in [0, 0.1) is 0 Å². The lowest BCUT2D eigenvalue weighted by Gasteiger charge is -2.22. The largest absolute Gasteiger partial charge is 0.477 e. The highest BCUT2D eigenvalue weighted by Crippen LogP contribution is 2.32. The van der Waals surface area contributed by atoms with Crippen molar-refractivity contribution >= 4 is 5.97 Å². The number of aliphatic hydroxyl groups is 1. The Morgan fingerprint density at radius 2 is 1.61 bits per heavy atom. The number of alkyl halides is 2. The highest BCUT2D eigenvalue weighted by molar-refractivity contribution is 5.76. The molecule has 0 aliphatic rings. The molecule has 0 saturated carbocycles. The van der Waals surface area contributed by atoms with Crippen molar-refractivity contribution in [3.05, 3.63) is 35.4 Å². The molecule has 2 N–H and O–H groups in total. The van der Waals surface area contributed by atoms with Crippen LogP contribution in [-0.4, -0.2) is 22.1 Å². The van der Waals surface area contributed by atoms with E-state index >= 15 is 0 Å². The van der Waals surface area contributed by atoms with Gasteiger partial charge in [-0.25, -0.2) is 4.79 Å². The number of halogens is 2. The third-order valence-corrected chi connectivity index (χ3v) is 2.72. The topological polar surface area (TPSA) is 57.5 Å². The zero-order valence-corrected chi connectivity index (χ0v) is 10.4. The minimum absolute atomic E-state index is 0.115. The molecule has 1 rings (SSSR count). The average molecular weight is 258 g/mol. The number of carboxylic acid groups (broad SMARTS) is 1. The van der Waals surface area contributed by atoms with E-state index in [0.29, 0.717) is 0 Å². The Morgan fingerprint density at radius 1 is 1.17 bits per heavy atom. The van der Waals surface area contributed by atoms with Crippen molar-refractivity contribution in [1.82, 2.24) is 0 Å². The Morgan fingerprint density at radius 3 is 1.94 bits per heavy atom. The summed E-state index contributed by atoms with van der Waals surface area (Å²) in [5.74, 6) is -6.53. The molecule has 0 spiro atoms. The predicted molar refractivity (Wildman–Crippen MR) is 62.7 cm³/mol. The summed E-state index contributed by atoms with van der Waals surface area (Å²) in [4.78, 5) is 10.4. The second-order valence-electron chi connectivity index (χ2n) is 5.20. The van der Waals surface area contributed by atoms with Crippen LogP contribution in [0.1, 0.15) is 38.0 Å². The zero-order valence-electron chi connectivity index (χ0n) is 10.4. The van der Waals surface area contributed by atoms with Gasteiger partial charge in [-0.05, 0) is 16.5 Å². The van der Waals surface area contributed by atoms with Gasteiger partial charge in [0.05, 0.1) is 0 Å². The maximum atomic E-state index is 13.1. The predicted octanol–water partition coefficient (Wildman–Crippen LogP) is 2.74. The maximum absolute atomic E-state index is 13.1. The van der Waals surface area contributed by atoms with Crippen LogP contribution in [0.3, 0.4) is 0 Å². The van der Waals surface area contributed by atoms with Crippen LogP contribution in [0.5, 0.6) is 0 Å². The zero-order chi connectivity index (χ0) is 14.1. The molecule has 0 aromatic heterocycles. The van der Waals surface area contributed by atoms with Gasteiger partial charge >= 0.3 is 11.9 Å². The molecule has 1 aromatic rings. The smallest absolute Gasteiger partial charge is 0.377 e. The second-order valence-corrected chi connectivity index (χ2v) is 5.20. The molecule has 0 heterocycles. The number of aliphatic hydroxyl groups excluding tert-OH is 1. The van der Waals surface area contributed by atoms with Crippen LogP contribution in [0.25, 0.3) is 0 Å². The summed E-state index contributed by atoms with van der Waals surface area (Å²) in [7, 11) is 0. The molecular formula is C13H16F2O3. The first-order valence-electron chi connectivity index (χ1n) is 5.46. The molecule has 5 heteroatoms. The number of hydrogen-bond acceptors (Lipinski definition) is 2. The summed E-state index contributed by atoms with van der Waals surface area (Å²) in [5, 5.41) is 17.7. The van der Waals surface area contributed by atoms with Gasteiger partial charge in [0.1, 0.15) is 0 Å². The number of carbonyl (C=O) groups is 1. The summed E-state index contributed by atoms with van der Waals surface area (Å²) in [5.41, 5.74) is 0.659. The molecule has 0 aliphatic carbocycles. The maximum Gasteiger partial charge on any atom is 0.377 e. The minimum Gasteiger partial charge on any atom is -0.477 e. The van der Waals surface area contributed by atoms with Gasteiger partial charge in [0.2, 0.25) is 0 Å². The van der Waals surface area contributed by atoms with Gasteiger partial charge in [-0.2, -0.15) is 8.78 Å². The lowest BCUT2D eigenvalue weighted by molar-refractivity contribution is -0.182. The van der Waals surface area contributed by atoms with E-state index in [1.165, 1.54) is 12.1 Å². The fraction of sp³-hybridized carbons (Fsp3) is 0.462.